The Labute approximate surface area is 175 Å². The summed E-state index contributed by atoms with van der Waals surface area (Å²) < 4.78 is 26.5. The van der Waals surface area contributed by atoms with E-state index in [0.717, 1.165) is 42.9 Å². The molecule has 5 rings (SSSR count). The number of nitrogens with two attached hydrogens (primary N) is 1. The van der Waals surface area contributed by atoms with Crippen LogP contribution in [0.4, 0.5) is 4.39 Å². The number of ether oxygens (including phenoxy) is 2. The highest BCUT2D eigenvalue weighted by molar-refractivity contribution is 5.75. The first-order chi connectivity index (χ1) is 14.5. The van der Waals surface area contributed by atoms with Crippen LogP contribution in [-0.4, -0.2) is 48.3 Å². The number of hydrogen-bond donors (Lipinski definition) is 1. The van der Waals surface area contributed by atoms with Crippen molar-refractivity contribution in [3.8, 4) is 16.9 Å². The fourth-order valence-electron chi connectivity index (χ4n) is 5.16. The highest BCUT2D eigenvalue weighted by atomic mass is 19.1. The zero-order valence-electron chi connectivity index (χ0n) is 17.3. The largest absolute Gasteiger partial charge is 0.490 e. The third-order valence-corrected chi connectivity index (χ3v) is 6.41. The summed E-state index contributed by atoms with van der Waals surface area (Å²) in [5, 5.41) is 0. The smallest absolute Gasteiger partial charge is 0.283 e. The molecule has 0 aliphatic carbocycles. The predicted octanol–water partition coefficient (Wildman–Crippen LogP) is 3.17. The van der Waals surface area contributed by atoms with Gasteiger partial charge in [-0.3, -0.25) is 0 Å². The fourth-order valence-corrected chi connectivity index (χ4v) is 5.16. The van der Waals surface area contributed by atoms with Gasteiger partial charge in [-0.1, -0.05) is 19.9 Å². The van der Waals surface area contributed by atoms with Crippen LogP contribution in [0.25, 0.3) is 11.1 Å². The number of hydrogen-bond acceptors (Lipinski definition) is 6. The first-order valence-electron chi connectivity index (χ1n) is 10.6. The second-order valence-corrected chi connectivity index (χ2v) is 8.92. The van der Waals surface area contributed by atoms with Crippen LogP contribution in [0.5, 0.6) is 5.75 Å². The van der Waals surface area contributed by atoms with Crippen LogP contribution >= 0.6 is 0 Å². The summed E-state index contributed by atoms with van der Waals surface area (Å²) in [4.78, 5) is 11.1. The number of rotatable bonds is 3. The number of nitrogens with zero attached hydrogens (tertiary/aromatic N) is 3. The van der Waals surface area contributed by atoms with Gasteiger partial charge >= 0.3 is 0 Å². The number of halogens is 1. The second-order valence-electron chi connectivity index (χ2n) is 8.92. The highest BCUT2D eigenvalue weighted by Gasteiger charge is 2.55. The molecule has 1 saturated heterocycles. The van der Waals surface area contributed by atoms with Crippen LogP contribution in [0.2, 0.25) is 0 Å². The molecular weight excluding hydrogens is 383 g/mol. The maximum absolute atomic E-state index is 14.4. The predicted molar refractivity (Wildman–Crippen MR) is 113 cm³/mol. The lowest BCUT2D eigenvalue weighted by Crippen LogP contribution is -2.57. The lowest BCUT2D eigenvalue weighted by molar-refractivity contribution is -0.0259. The number of pyridine rings is 1. The van der Waals surface area contributed by atoms with Crippen molar-refractivity contribution in [1.82, 2.24) is 9.88 Å². The summed E-state index contributed by atoms with van der Waals surface area (Å²) in [5.74, 6) is 0.992. The van der Waals surface area contributed by atoms with E-state index in [1.807, 2.05) is 18.2 Å². The number of piperidine rings is 1. The molecule has 3 aliphatic rings. The number of benzene rings is 1. The monoisotopic (exact) mass is 410 g/mol. The molecule has 1 aromatic carbocycles. The van der Waals surface area contributed by atoms with Gasteiger partial charge in [-0.05, 0) is 42.2 Å². The standard InChI is InChI=1S/C23H27FN4O2/c1-14(2)11-28-9-7-20-18(12-28)23(13-29-22(25)27-23)17-10-15(5-6-19(17)30-20)16-4-3-8-26-21(16)24/h3-6,8,10,14,18,20H,7,9,11-13H2,1-2H3,(H2,25,27)/t18-,20?,23-/m0/s1. The molecule has 4 heterocycles. The van der Waals surface area contributed by atoms with Gasteiger partial charge in [0, 0.05) is 42.9 Å². The Morgan fingerprint density at radius 1 is 1.33 bits per heavy atom. The van der Waals surface area contributed by atoms with Gasteiger partial charge in [0.05, 0.1) is 0 Å². The molecule has 6 nitrogen and oxygen atoms in total. The Bertz CT molecular complexity index is 995. The first kappa shape index (κ1) is 19.3. The molecule has 0 amide bonds. The Morgan fingerprint density at radius 3 is 2.93 bits per heavy atom. The van der Waals surface area contributed by atoms with E-state index < -0.39 is 11.5 Å². The number of aromatic nitrogens is 1. The van der Waals surface area contributed by atoms with Gasteiger partial charge in [0.15, 0.2) is 0 Å². The topological polar surface area (TPSA) is 73.0 Å². The molecule has 0 bridgehead atoms. The Kier molecular flexibility index (Phi) is 4.65. The fraction of sp³-hybridized carbons (Fsp3) is 0.478. The number of amidine groups is 1. The van der Waals surface area contributed by atoms with Crippen molar-refractivity contribution in [3.05, 3.63) is 48.0 Å². The van der Waals surface area contributed by atoms with Gasteiger partial charge in [-0.15, -0.1) is 0 Å². The molecule has 0 radical (unpaired) electrons. The van der Waals surface area contributed by atoms with Gasteiger partial charge in [-0.25, -0.2) is 9.98 Å². The molecule has 1 spiro atoms. The average Bonchev–Trinajstić information content (AvgIpc) is 3.11. The summed E-state index contributed by atoms with van der Waals surface area (Å²) in [5.41, 5.74) is 7.51. The number of likely N-dealkylation sites (tertiary alicyclic amines) is 1. The Morgan fingerprint density at radius 2 is 2.20 bits per heavy atom. The Balaban J connectivity index is 1.60. The van der Waals surface area contributed by atoms with E-state index in [1.54, 1.807) is 12.1 Å². The van der Waals surface area contributed by atoms with Gasteiger partial charge < -0.3 is 20.1 Å². The van der Waals surface area contributed by atoms with Crippen molar-refractivity contribution in [3.63, 3.8) is 0 Å². The van der Waals surface area contributed by atoms with Crippen molar-refractivity contribution in [1.29, 1.82) is 0 Å². The molecular formula is C23H27FN4O2. The molecule has 30 heavy (non-hydrogen) atoms. The van der Waals surface area contributed by atoms with E-state index in [9.17, 15) is 4.39 Å². The van der Waals surface area contributed by atoms with Crippen LogP contribution in [0, 0.1) is 17.8 Å². The van der Waals surface area contributed by atoms with Crippen LogP contribution in [0.1, 0.15) is 25.8 Å². The molecule has 3 aliphatic heterocycles. The number of aliphatic imine (C=N–C) groups is 1. The van der Waals surface area contributed by atoms with E-state index in [1.165, 1.54) is 6.20 Å². The molecule has 1 fully saturated rings. The van der Waals surface area contributed by atoms with Gasteiger partial charge in [0.2, 0.25) is 5.95 Å². The first-order valence-corrected chi connectivity index (χ1v) is 10.6. The third-order valence-electron chi connectivity index (χ3n) is 6.41. The summed E-state index contributed by atoms with van der Waals surface area (Å²) >= 11 is 0. The minimum atomic E-state index is -0.618. The molecule has 1 unspecified atom stereocenters. The van der Waals surface area contributed by atoms with Crippen molar-refractivity contribution in [2.24, 2.45) is 22.6 Å². The van der Waals surface area contributed by atoms with Crippen molar-refractivity contribution in [2.75, 3.05) is 26.2 Å². The lowest BCUT2D eigenvalue weighted by Gasteiger charge is -2.49. The zero-order chi connectivity index (χ0) is 20.9. The number of fused-ring (bicyclic) bond motifs is 4. The summed E-state index contributed by atoms with van der Waals surface area (Å²) in [6.07, 6.45) is 2.45. The van der Waals surface area contributed by atoms with Crippen LogP contribution in [0.15, 0.2) is 41.5 Å². The molecule has 1 aromatic heterocycles. The molecule has 2 N–H and O–H groups in total. The van der Waals surface area contributed by atoms with E-state index in [0.29, 0.717) is 18.1 Å². The van der Waals surface area contributed by atoms with Gasteiger partial charge in [0.25, 0.3) is 6.02 Å². The maximum Gasteiger partial charge on any atom is 0.283 e. The average molecular weight is 410 g/mol. The normalized spacial score (nSPS) is 27.9. The van der Waals surface area contributed by atoms with Crippen molar-refractivity contribution >= 4 is 6.02 Å². The van der Waals surface area contributed by atoms with Crippen molar-refractivity contribution in [2.45, 2.75) is 31.9 Å². The highest BCUT2D eigenvalue weighted by Crippen LogP contribution is 2.51. The van der Waals surface area contributed by atoms with E-state index in [4.69, 9.17) is 20.2 Å². The van der Waals surface area contributed by atoms with E-state index >= 15 is 0 Å². The minimum Gasteiger partial charge on any atom is -0.490 e. The quantitative estimate of drug-likeness (QED) is 0.787. The maximum atomic E-state index is 14.4. The molecule has 158 valence electrons. The lowest BCUT2D eigenvalue weighted by atomic mass is 9.71. The van der Waals surface area contributed by atoms with E-state index in [-0.39, 0.29) is 18.0 Å². The van der Waals surface area contributed by atoms with Crippen LogP contribution < -0.4 is 10.5 Å². The molecule has 3 atom stereocenters. The summed E-state index contributed by atoms with van der Waals surface area (Å²) in [6, 6.07) is 9.44. The second kappa shape index (κ2) is 7.23. The SMILES string of the molecule is CC(C)CN1CCC2Oc3ccc(-c4cccnc4F)cc3[C@@]3(COC(N)=N3)[C@H]2C1. The van der Waals surface area contributed by atoms with Crippen LogP contribution in [0.3, 0.4) is 0 Å². The summed E-state index contributed by atoms with van der Waals surface area (Å²) in [7, 11) is 0. The summed E-state index contributed by atoms with van der Waals surface area (Å²) in [6.45, 7) is 7.76. The molecule has 0 saturated carbocycles. The molecule has 7 heteroatoms. The van der Waals surface area contributed by atoms with Crippen LogP contribution in [-0.2, 0) is 10.3 Å². The van der Waals surface area contributed by atoms with E-state index in [2.05, 4.69) is 23.7 Å². The Hall–Kier alpha value is -2.67. The minimum absolute atomic E-state index is 0.0557. The third kappa shape index (κ3) is 3.12. The van der Waals surface area contributed by atoms with Crippen molar-refractivity contribution < 1.29 is 13.9 Å². The van der Waals surface area contributed by atoms with Gasteiger partial charge in [0.1, 0.15) is 24.0 Å². The van der Waals surface area contributed by atoms with Gasteiger partial charge in [-0.2, -0.15) is 4.39 Å². The zero-order valence-corrected chi connectivity index (χ0v) is 17.3. The molecule has 2 aromatic rings.